The zero-order valence-corrected chi connectivity index (χ0v) is 13.4. The number of alkyl halides is 1. The summed E-state index contributed by atoms with van der Waals surface area (Å²) >= 11 is 9.24. The Balaban J connectivity index is 2.58. The minimum absolute atomic E-state index is 0.0389. The van der Waals surface area contributed by atoms with Gasteiger partial charge in [-0.1, -0.05) is 54.2 Å². The number of amides is 1. The number of hydrogen-bond acceptors (Lipinski definition) is 1. The van der Waals surface area contributed by atoms with E-state index in [-0.39, 0.29) is 15.8 Å². The summed E-state index contributed by atoms with van der Waals surface area (Å²) in [5.74, 6) is -0.233. The number of hydrogen-bond donors (Lipinski definition) is 1. The Labute approximate surface area is 126 Å². The third-order valence-corrected chi connectivity index (χ3v) is 4.56. The Morgan fingerprint density at radius 3 is 2.58 bits per heavy atom. The lowest BCUT2D eigenvalue weighted by Gasteiger charge is -2.19. The van der Waals surface area contributed by atoms with Crippen molar-refractivity contribution >= 4 is 33.4 Å². The molecule has 0 heterocycles. The maximum absolute atomic E-state index is 13.0. The van der Waals surface area contributed by atoms with Gasteiger partial charge in [0, 0.05) is 16.9 Å². The van der Waals surface area contributed by atoms with Crippen molar-refractivity contribution in [3.63, 3.8) is 0 Å². The zero-order chi connectivity index (χ0) is 14.4. The summed E-state index contributed by atoms with van der Waals surface area (Å²) in [7, 11) is 0. The topological polar surface area (TPSA) is 29.1 Å². The first-order valence-electron chi connectivity index (χ1n) is 6.36. The van der Waals surface area contributed by atoms with Crippen LogP contribution >= 0.6 is 27.5 Å². The van der Waals surface area contributed by atoms with Gasteiger partial charge < -0.3 is 5.32 Å². The largest absolute Gasteiger partial charge is 0.351 e. The number of benzene rings is 1. The first kappa shape index (κ1) is 16.4. The molecule has 0 saturated carbocycles. The average Bonchev–Trinajstić information content (AvgIpc) is 2.40. The Morgan fingerprint density at radius 1 is 1.42 bits per heavy atom. The standard InChI is InChI=1S/C14H18BrClFNO/c1-3-9(4-2)11(15)8-18-14(19)10-5-6-13(17)12(16)7-10/h5-7,9,11H,3-4,8H2,1-2H3,(H,18,19). The van der Waals surface area contributed by atoms with Crippen LogP contribution in [0.1, 0.15) is 37.0 Å². The van der Waals surface area contributed by atoms with Gasteiger partial charge in [-0.15, -0.1) is 0 Å². The third kappa shape index (κ3) is 4.77. The van der Waals surface area contributed by atoms with Crippen molar-refractivity contribution in [2.45, 2.75) is 31.5 Å². The summed E-state index contributed by atoms with van der Waals surface area (Å²) in [6.07, 6.45) is 2.12. The maximum Gasteiger partial charge on any atom is 0.251 e. The number of carbonyl (C=O) groups excluding carboxylic acids is 1. The molecule has 106 valence electrons. The smallest absolute Gasteiger partial charge is 0.251 e. The third-order valence-electron chi connectivity index (χ3n) is 3.20. The molecular formula is C14H18BrClFNO. The highest BCUT2D eigenvalue weighted by atomic mass is 79.9. The number of halogens is 3. The molecule has 1 atom stereocenters. The van der Waals surface area contributed by atoms with Gasteiger partial charge in [-0.25, -0.2) is 4.39 Å². The normalized spacial score (nSPS) is 12.5. The van der Waals surface area contributed by atoms with E-state index >= 15 is 0 Å². The molecule has 1 amide bonds. The molecule has 1 aromatic rings. The quantitative estimate of drug-likeness (QED) is 0.757. The van der Waals surface area contributed by atoms with Crippen LogP contribution in [0.15, 0.2) is 18.2 Å². The van der Waals surface area contributed by atoms with Gasteiger partial charge in [0.15, 0.2) is 0 Å². The van der Waals surface area contributed by atoms with E-state index in [1.807, 2.05) is 0 Å². The first-order valence-corrected chi connectivity index (χ1v) is 7.66. The van der Waals surface area contributed by atoms with Crippen LogP contribution in [0.4, 0.5) is 4.39 Å². The molecule has 0 aliphatic heterocycles. The summed E-state index contributed by atoms with van der Waals surface area (Å²) in [5, 5.41) is 2.79. The second-order valence-corrected chi connectivity index (χ2v) is 6.01. The Hall–Kier alpha value is -0.610. The molecule has 0 radical (unpaired) electrons. The molecular weight excluding hydrogens is 333 g/mol. The lowest BCUT2D eigenvalue weighted by Crippen LogP contribution is -2.32. The van der Waals surface area contributed by atoms with E-state index < -0.39 is 5.82 Å². The molecule has 0 fully saturated rings. The first-order chi connectivity index (χ1) is 8.99. The van der Waals surface area contributed by atoms with Crippen molar-refractivity contribution in [3.05, 3.63) is 34.6 Å². The molecule has 1 aromatic carbocycles. The van der Waals surface area contributed by atoms with Crippen molar-refractivity contribution in [1.29, 1.82) is 0 Å². The van der Waals surface area contributed by atoms with Crippen LogP contribution in [0.3, 0.4) is 0 Å². The minimum atomic E-state index is -0.520. The molecule has 0 aromatic heterocycles. The summed E-state index contributed by atoms with van der Waals surface area (Å²) in [6.45, 7) is 4.80. The molecule has 1 N–H and O–H groups in total. The minimum Gasteiger partial charge on any atom is -0.351 e. The van der Waals surface area contributed by atoms with Gasteiger partial charge in [-0.3, -0.25) is 4.79 Å². The van der Waals surface area contributed by atoms with Crippen LogP contribution in [0.5, 0.6) is 0 Å². The van der Waals surface area contributed by atoms with E-state index in [1.54, 1.807) is 0 Å². The number of nitrogens with one attached hydrogen (secondary N) is 1. The van der Waals surface area contributed by atoms with Crippen molar-refractivity contribution < 1.29 is 9.18 Å². The molecule has 0 bridgehead atoms. The van der Waals surface area contributed by atoms with Crippen LogP contribution in [0.2, 0.25) is 5.02 Å². The molecule has 0 saturated heterocycles. The SMILES string of the molecule is CCC(CC)C(Br)CNC(=O)c1ccc(F)c(Cl)c1. The fourth-order valence-electron chi connectivity index (χ4n) is 1.90. The van der Waals surface area contributed by atoms with Crippen molar-refractivity contribution in [2.75, 3.05) is 6.54 Å². The summed E-state index contributed by atoms with van der Waals surface area (Å²) in [6, 6.07) is 3.97. The predicted molar refractivity (Wildman–Crippen MR) is 80.5 cm³/mol. The van der Waals surface area contributed by atoms with Crippen molar-refractivity contribution in [3.8, 4) is 0 Å². The second kappa shape index (κ2) is 7.85. The highest BCUT2D eigenvalue weighted by Gasteiger charge is 2.16. The predicted octanol–water partition coefficient (Wildman–Crippen LogP) is 4.41. The van der Waals surface area contributed by atoms with Gasteiger partial charge in [0.1, 0.15) is 5.82 Å². The van der Waals surface area contributed by atoms with Crippen molar-refractivity contribution in [1.82, 2.24) is 5.32 Å². The molecule has 2 nitrogen and oxygen atoms in total. The van der Waals surface area contributed by atoms with Gasteiger partial charge in [-0.2, -0.15) is 0 Å². The summed E-state index contributed by atoms with van der Waals surface area (Å²) in [4.78, 5) is 12.1. The monoisotopic (exact) mass is 349 g/mol. The number of carbonyl (C=O) groups is 1. The van der Waals surface area contributed by atoms with Gasteiger partial charge in [-0.05, 0) is 24.1 Å². The molecule has 1 rings (SSSR count). The molecule has 5 heteroatoms. The van der Waals surface area contributed by atoms with E-state index in [9.17, 15) is 9.18 Å². The fourth-order valence-corrected chi connectivity index (χ4v) is 2.99. The van der Waals surface area contributed by atoms with E-state index in [4.69, 9.17) is 11.6 Å². The Bertz CT molecular complexity index is 437. The van der Waals surface area contributed by atoms with E-state index in [0.29, 0.717) is 18.0 Å². The van der Waals surface area contributed by atoms with Crippen LogP contribution in [0, 0.1) is 11.7 Å². The molecule has 0 aliphatic rings. The zero-order valence-electron chi connectivity index (χ0n) is 11.1. The number of rotatable bonds is 6. The van der Waals surface area contributed by atoms with Crippen molar-refractivity contribution in [2.24, 2.45) is 5.92 Å². The van der Waals surface area contributed by atoms with Gasteiger partial charge in [0.05, 0.1) is 5.02 Å². The van der Waals surface area contributed by atoms with E-state index in [2.05, 4.69) is 35.1 Å². The highest BCUT2D eigenvalue weighted by Crippen LogP contribution is 2.20. The summed E-state index contributed by atoms with van der Waals surface area (Å²) < 4.78 is 13.0. The van der Waals surface area contributed by atoms with Crippen LogP contribution in [-0.2, 0) is 0 Å². The van der Waals surface area contributed by atoms with Gasteiger partial charge in [0.2, 0.25) is 0 Å². The van der Waals surface area contributed by atoms with Crippen LogP contribution < -0.4 is 5.32 Å². The second-order valence-electron chi connectivity index (χ2n) is 4.43. The van der Waals surface area contributed by atoms with E-state index in [1.165, 1.54) is 18.2 Å². The average molecular weight is 351 g/mol. The van der Waals surface area contributed by atoms with Gasteiger partial charge in [0.25, 0.3) is 5.91 Å². The van der Waals surface area contributed by atoms with E-state index in [0.717, 1.165) is 12.8 Å². The Kier molecular flexibility index (Phi) is 6.80. The summed E-state index contributed by atoms with van der Waals surface area (Å²) in [5.41, 5.74) is 0.371. The Morgan fingerprint density at radius 2 is 2.05 bits per heavy atom. The van der Waals surface area contributed by atoms with Gasteiger partial charge >= 0.3 is 0 Å². The van der Waals surface area contributed by atoms with Crippen LogP contribution in [0.25, 0.3) is 0 Å². The lowest BCUT2D eigenvalue weighted by atomic mass is 9.99. The highest BCUT2D eigenvalue weighted by molar-refractivity contribution is 9.09. The molecule has 1 unspecified atom stereocenters. The van der Waals surface area contributed by atoms with Crippen LogP contribution in [-0.4, -0.2) is 17.3 Å². The molecule has 0 aliphatic carbocycles. The molecule has 0 spiro atoms. The fraction of sp³-hybridized carbons (Fsp3) is 0.500. The maximum atomic E-state index is 13.0. The molecule has 19 heavy (non-hydrogen) atoms. The lowest BCUT2D eigenvalue weighted by molar-refractivity contribution is 0.0952.